The maximum atomic E-state index is 5.79. The minimum absolute atomic E-state index is 0.704. The predicted octanol–water partition coefficient (Wildman–Crippen LogP) is 3.08. The molecule has 0 aliphatic heterocycles. The third kappa shape index (κ3) is 1.81. The summed E-state index contributed by atoms with van der Waals surface area (Å²) >= 11 is 5.79. The highest BCUT2D eigenvalue weighted by molar-refractivity contribution is 6.31. The third-order valence-corrected chi connectivity index (χ3v) is 1.88. The number of aromatic nitrogens is 1. The molecule has 0 unspecified atom stereocenters. The van der Waals surface area contributed by atoms with Gasteiger partial charge in [0.15, 0.2) is 0 Å². The van der Waals surface area contributed by atoms with Crippen molar-refractivity contribution in [2.45, 2.75) is 13.8 Å². The van der Waals surface area contributed by atoms with Crippen LogP contribution in [-0.4, -0.2) is 4.98 Å². The molecule has 0 saturated heterocycles. The predicted molar refractivity (Wildman–Crippen MR) is 48.7 cm³/mol. The van der Waals surface area contributed by atoms with Gasteiger partial charge in [0.25, 0.3) is 0 Å². The summed E-state index contributed by atoms with van der Waals surface area (Å²) in [5.41, 5.74) is 2.91. The first-order valence-electron chi connectivity index (χ1n) is 3.39. The number of pyridine rings is 1. The van der Waals surface area contributed by atoms with Crippen molar-refractivity contribution in [2.24, 2.45) is 0 Å². The molecular formula is C9H10ClN. The number of hydrogen-bond acceptors (Lipinski definition) is 1. The average Bonchev–Trinajstić information content (AvgIpc) is 1.94. The van der Waals surface area contributed by atoms with Crippen molar-refractivity contribution >= 4 is 17.2 Å². The Morgan fingerprint density at radius 1 is 1.64 bits per heavy atom. The Morgan fingerprint density at radius 3 is 2.73 bits per heavy atom. The zero-order valence-corrected chi connectivity index (χ0v) is 7.44. The van der Waals surface area contributed by atoms with Gasteiger partial charge in [-0.15, -0.1) is 0 Å². The minimum atomic E-state index is 0.704. The molecule has 58 valence electrons. The van der Waals surface area contributed by atoms with Crippen LogP contribution in [0, 0.1) is 6.92 Å². The Kier molecular flexibility index (Phi) is 2.30. The van der Waals surface area contributed by atoms with E-state index in [0.29, 0.717) is 5.02 Å². The molecule has 11 heavy (non-hydrogen) atoms. The fourth-order valence-electron chi connectivity index (χ4n) is 0.773. The Morgan fingerprint density at radius 2 is 2.27 bits per heavy atom. The van der Waals surface area contributed by atoms with Gasteiger partial charge in [-0.3, -0.25) is 4.98 Å². The van der Waals surface area contributed by atoms with Gasteiger partial charge >= 0.3 is 0 Å². The molecule has 0 amide bonds. The Balaban J connectivity index is 3.15. The zero-order valence-electron chi connectivity index (χ0n) is 6.69. The highest BCUT2D eigenvalue weighted by atomic mass is 35.5. The lowest BCUT2D eigenvalue weighted by atomic mass is 10.2. The van der Waals surface area contributed by atoms with Crippen molar-refractivity contribution in [3.63, 3.8) is 0 Å². The number of nitrogens with zero attached hydrogens (tertiary/aromatic N) is 1. The molecule has 0 radical (unpaired) electrons. The summed E-state index contributed by atoms with van der Waals surface area (Å²) in [4.78, 5) is 4.11. The van der Waals surface area contributed by atoms with Gasteiger partial charge in [-0.1, -0.05) is 18.2 Å². The number of halogens is 1. The van der Waals surface area contributed by atoms with E-state index in [1.54, 1.807) is 6.20 Å². The van der Waals surface area contributed by atoms with Crippen molar-refractivity contribution in [1.29, 1.82) is 0 Å². The second-order valence-electron chi connectivity index (χ2n) is 2.60. The largest absolute Gasteiger partial charge is 0.255 e. The second-order valence-corrected chi connectivity index (χ2v) is 3.01. The van der Waals surface area contributed by atoms with Crippen LogP contribution in [0.15, 0.2) is 18.8 Å². The molecule has 0 atom stereocenters. The van der Waals surface area contributed by atoms with Crippen LogP contribution in [0.4, 0.5) is 0 Å². The van der Waals surface area contributed by atoms with Crippen LogP contribution in [0.2, 0.25) is 5.02 Å². The Hall–Kier alpha value is -0.820. The van der Waals surface area contributed by atoms with E-state index < -0.39 is 0 Å². The summed E-state index contributed by atoms with van der Waals surface area (Å²) in [6, 6.07) is 1.94. The fraction of sp³-hybridized carbons (Fsp3) is 0.222. The van der Waals surface area contributed by atoms with E-state index in [1.165, 1.54) is 0 Å². The highest BCUT2D eigenvalue weighted by Gasteiger charge is 1.98. The molecule has 0 fully saturated rings. The van der Waals surface area contributed by atoms with Crippen LogP contribution in [-0.2, 0) is 0 Å². The summed E-state index contributed by atoms with van der Waals surface area (Å²) in [6.45, 7) is 7.67. The average molecular weight is 168 g/mol. The maximum Gasteiger partial charge on any atom is 0.0656 e. The lowest BCUT2D eigenvalue weighted by Crippen LogP contribution is -1.86. The molecule has 1 aromatic rings. The number of hydrogen-bond donors (Lipinski definition) is 0. The van der Waals surface area contributed by atoms with Crippen LogP contribution in [0.3, 0.4) is 0 Å². The van der Waals surface area contributed by atoms with E-state index in [1.807, 2.05) is 19.9 Å². The molecule has 0 aliphatic carbocycles. The summed E-state index contributed by atoms with van der Waals surface area (Å²) < 4.78 is 0. The lowest BCUT2D eigenvalue weighted by molar-refractivity contribution is 1.24. The number of rotatable bonds is 1. The van der Waals surface area contributed by atoms with Crippen molar-refractivity contribution in [3.05, 3.63) is 35.1 Å². The van der Waals surface area contributed by atoms with E-state index in [0.717, 1.165) is 16.8 Å². The standard InChI is InChI=1S/C9H10ClN/c1-6(2)9-4-7(3)8(10)5-11-9/h4-5H,1H2,2-3H3. The van der Waals surface area contributed by atoms with E-state index in [9.17, 15) is 0 Å². The summed E-state index contributed by atoms with van der Waals surface area (Å²) in [5, 5.41) is 0.704. The van der Waals surface area contributed by atoms with E-state index in [4.69, 9.17) is 11.6 Å². The van der Waals surface area contributed by atoms with Gasteiger partial charge in [0.1, 0.15) is 0 Å². The SMILES string of the molecule is C=C(C)c1cc(C)c(Cl)cn1. The monoisotopic (exact) mass is 167 g/mol. The van der Waals surface area contributed by atoms with Crippen molar-refractivity contribution in [3.8, 4) is 0 Å². The molecule has 1 heterocycles. The Bertz CT molecular complexity index is 292. The van der Waals surface area contributed by atoms with E-state index >= 15 is 0 Å². The normalized spacial score (nSPS) is 9.73. The van der Waals surface area contributed by atoms with Crippen LogP contribution in [0.1, 0.15) is 18.2 Å². The first-order chi connectivity index (χ1) is 5.11. The molecule has 0 aromatic carbocycles. The first-order valence-corrected chi connectivity index (χ1v) is 3.77. The molecule has 0 bridgehead atoms. The van der Waals surface area contributed by atoms with Gasteiger partial charge in [-0.05, 0) is 31.1 Å². The zero-order chi connectivity index (χ0) is 8.43. The molecule has 0 N–H and O–H groups in total. The fourth-order valence-corrected chi connectivity index (χ4v) is 0.876. The summed E-state index contributed by atoms with van der Waals surface area (Å²) in [7, 11) is 0. The van der Waals surface area contributed by atoms with Crippen LogP contribution in [0.5, 0.6) is 0 Å². The minimum Gasteiger partial charge on any atom is -0.255 e. The van der Waals surface area contributed by atoms with E-state index in [2.05, 4.69) is 11.6 Å². The molecule has 0 spiro atoms. The topological polar surface area (TPSA) is 12.9 Å². The van der Waals surface area contributed by atoms with Gasteiger partial charge in [0, 0.05) is 6.20 Å². The smallest absolute Gasteiger partial charge is 0.0656 e. The third-order valence-electron chi connectivity index (χ3n) is 1.48. The van der Waals surface area contributed by atoms with Crippen LogP contribution in [0.25, 0.3) is 5.57 Å². The van der Waals surface area contributed by atoms with Crippen molar-refractivity contribution in [2.75, 3.05) is 0 Å². The van der Waals surface area contributed by atoms with Gasteiger partial charge in [-0.25, -0.2) is 0 Å². The van der Waals surface area contributed by atoms with Gasteiger partial charge < -0.3 is 0 Å². The van der Waals surface area contributed by atoms with Crippen molar-refractivity contribution in [1.82, 2.24) is 4.98 Å². The highest BCUT2D eigenvalue weighted by Crippen LogP contribution is 2.17. The quantitative estimate of drug-likeness (QED) is 0.627. The van der Waals surface area contributed by atoms with E-state index in [-0.39, 0.29) is 0 Å². The maximum absolute atomic E-state index is 5.79. The lowest BCUT2D eigenvalue weighted by Gasteiger charge is -2.00. The summed E-state index contributed by atoms with van der Waals surface area (Å²) in [6.07, 6.45) is 1.65. The number of allylic oxidation sites excluding steroid dienone is 1. The first kappa shape index (κ1) is 8.28. The molecular weight excluding hydrogens is 158 g/mol. The molecule has 0 saturated carbocycles. The molecule has 2 heteroatoms. The van der Waals surface area contributed by atoms with Crippen molar-refractivity contribution < 1.29 is 0 Å². The number of aryl methyl sites for hydroxylation is 1. The molecule has 0 aliphatic rings. The van der Waals surface area contributed by atoms with Gasteiger partial charge in [-0.2, -0.15) is 0 Å². The van der Waals surface area contributed by atoms with Crippen LogP contribution < -0.4 is 0 Å². The Labute approximate surface area is 71.7 Å². The van der Waals surface area contributed by atoms with Crippen LogP contribution >= 0.6 is 11.6 Å². The summed E-state index contributed by atoms with van der Waals surface area (Å²) in [5.74, 6) is 0. The van der Waals surface area contributed by atoms with Gasteiger partial charge in [0.05, 0.1) is 10.7 Å². The molecule has 1 rings (SSSR count). The van der Waals surface area contributed by atoms with Gasteiger partial charge in [0.2, 0.25) is 0 Å². The molecule has 1 aromatic heterocycles. The molecule has 1 nitrogen and oxygen atoms in total. The second kappa shape index (κ2) is 3.05.